The van der Waals surface area contributed by atoms with Crippen LogP contribution in [-0.2, 0) is 27.5 Å². The fourth-order valence-corrected chi connectivity index (χ4v) is 3.80. The maximum atomic E-state index is 14.2. The Morgan fingerprint density at radius 2 is 1.30 bits per heavy atom. The van der Waals surface area contributed by atoms with Crippen molar-refractivity contribution in [1.29, 1.82) is 0 Å². The highest BCUT2D eigenvalue weighted by atomic mass is 28.4. The number of ether oxygens (including phenoxy) is 2. The first-order valence-corrected chi connectivity index (χ1v) is 10.1. The summed E-state index contributed by atoms with van der Waals surface area (Å²) in [6, 6.07) is -0.233. The first kappa shape index (κ1) is 31.6. The first-order valence-electron chi connectivity index (χ1n) is 8.17. The molecule has 2 atom stereocenters. The Bertz CT molecular complexity index is 638. The van der Waals surface area contributed by atoms with Gasteiger partial charge in [-0.3, -0.25) is 14.3 Å². The van der Waals surface area contributed by atoms with Crippen molar-refractivity contribution in [1.82, 2.24) is 5.32 Å². The highest BCUT2D eigenvalue weighted by Gasteiger charge is 2.80. The van der Waals surface area contributed by atoms with Crippen LogP contribution >= 0.6 is 0 Å². The van der Waals surface area contributed by atoms with Crippen molar-refractivity contribution in [2.24, 2.45) is 0 Å². The van der Waals surface area contributed by atoms with Crippen molar-refractivity contribution in [3.05, 3.63) is 0 Å². The number of nitrogens with one attached hydrogen (secondary N) is 1. The van der Waals surface area contributed by atoms with Gasteiger partial charge in [0.2, 0.25) is 0 Å². The molecular formula is C13H17F12NO6Si. The molecule has 1 N–H and O–H groups in total. The van der Waals surface area contributed by atoms with Gasteiger partial charge in [-0.15, -0.1) is 0 Å². The normalized spacial score (nSPS) is 17.6. The monoisotopic (exact) mass is 539 g/mol. The molecule has 0 aromatic carbocycles. The molecule has 0 aromatic heterocycles. The standard InChI is InChI=1S/C13H17F12NO6Si/c1-28-33(29-2,30-3)6-4-5-26-7(27)9(16,11(18,19)20)32-13(24,25)10(17,12(21,22)23)31-8(14)15/h8H,4-6H2,1-3H3,(H,26,27). The highest BCUT2D eigenvalue weighted by Crippen LogP contribution is 2.51. The molecule has 0 aliphatic rings. The van der Waals surface area contributed by atoms with E-state index in [1.54, 1.807) is 0 Å². The van der Waals surface area contributed by atoms with Gasteiger partial charge in [-0.05, 0) is 6.42 Å². The lowest BCUT2D eigenvalue weighted by Gasteiger charge is -2.37. The Hall–Kier alpha value is -1.35. The molecule has 0 saturated heterocycles. The van der Waals surface area contributed by atoms with Gasteiger partial charge in [-0.25, -0.2) is 0 Å². The molecule has 0 heterocycles. The molecule has 0 radical (unpaired) electrons. The molecule has 0 aliphatic heterocycles. The smallest absolute Gasteiger partial charge is 0.377 e. The molecule has 0 saturated carbocycles. The van der Waals surface area contributed by atoms with E-state index in [2.05, 4.69) is 9.47 Å². The van der Waals surface area contributed by atoms with E-state index in [1.165, 1.54) is 0 Å². The molecule has 33 heavy (non-hydrogen) atoms. The van der Waals surface area contributed by atoms with Crippen LogP contribution in [-0.4, -0.2) is 79.4 Å². The number of alkyl halides is 12. The molecule has 0 rings (SSSR count). The van der Waals surface area contributed by atoms with Gasteiger partial charge in [0.25, 0.3) is 5.91 Å². The van der Waals surface area contributed by atoms with Crippen molar-refractivity contribution in [2.45, 2.75) is 49.2 Å². The molecule has 0 spiro atoms. The van der Waals surface area contributed by atoms with Gasteiger partial charge in [0.05, 0.1) is 0 Å². The fraction of sp³-hybridized carbons (Fsp3) is 0.923. The van der Waals surface area contributed by atoms with Gasteiger partial charge >= 0.3 is 45.6 Å². The average molecular weight is 539 g/mol. The molecule has 0 aliphatic carbocycles. The van der Waals surface area contributed by atoms with E-state index in [4.69, 9.17) is 13.3 Å². The van der Waals surface area contributed by atoms with Crippen LogP contribution < -0.4 is 5.32 Å². The summed E-state index contributed by atoms with van der Waals surface area (Å²) in [5.41, 5.74) is 0. The summed E-state index contributed by atoms with van der Waals surface area (Å²) in [4.78, 5) is 11.6. The Kier molecular flexibility index (Phi) is 10.5. The minimum atomic E-state index is -7.16. The van der Waals surface area contributed by atoms with Crippen molar-refractivity contribution in [3.63, 3.8) is 0 Å². The van der Waals surface area contributed by atoms with Crippen LogP contribution in [0.2, 0.25) is 6.04 Å². The third kappa shape index (κ3) is 7.07. The zero-order valence-corrected chi connectivity index (χ0v) is 17.7. The summed E-state index contributed by atoms with van der Waals surface area (Å²) in [5, 5.41) is 1.10. The zero-order chi connectivity index (χ0) is 26.5. The third-order valence-electron chi connectivity index (χ3n) is 3.79. The number of rotatable bonds is 13. The average Bonchev–Trinajstić information content (AvgIpc) is 2.65. The quantitative estimate of drug-likeness (QED) is 0.219. The SMILES string of the molecule is CO[Si](CCCNC(=O)C(F)(OC(F)(F)C(F)(OC(F)F)C(F)(F)F)C(F)(F)F)(OC)OC. The zero-order valence-electron chi connectivity index (χ0n) is 16.7. The lowest BCUT2D eigenvalue weighted by Crippen LogP contribution is -2.66. The second-order valence-corrected chi connectivity index (χ2v) is 8.93. The number of halogens is 12. The molecule has 7 nitrogen and oxygen atoms in total. The molecule has 20 heteroatoms. The number of amides is 1. The highest BCUT2D eigenvalue weighted by molar-refractivity contribution is 6.60. The predicted octanol–water partition coefficient (Wildman–Crippen LogP) is 3.68. The molecule has 0 bridgehead atoms. The Labute approximate surface area is 178 Å². The molecule has 0 aromatic rings. The number of hydrogen-bond donors (Lipinski definition) is 1. The number of carbonyl (C=O) groups is 1. The van der Waals surface area contributed by atoms with Gasteiger partial charge in [0, 0.05) is 33.9 Å². The maximum absolute atomic E-state index is 14.2. The summed E-state index contributed by atoms with van der Waals surface area (Å²) < 4.78 is 175. The van der Waals surface area contributed by atoms with E-state index in [0.717, 1.165) is 26.6 Å². The topological polar surface area (TPSA) is 75.3 Å². The molecule has 1 amide bonds. The van der Waals surface area contributed by atoms with Crippen molar-refractivity contribution in [2.75, 3.05) is 27.9 Å². The number of hydrogen-bond acceptors (Lipinski definition) is 6. The lowest BCUT2D eigenvalue weighted by molar-refractivity contribution is -0.510. The Morgan fingerprint density at radius 3 is 1.64 bits per heavy atom. The van der Waals surface area contributed by atoms with Crippen molar-refractivity contribution >= 4 is 14.7 Å². The number of carbonyl (C=O) groups excluding carboxylic acids is 1. The van der Waals surface area contributed by atoms with Gasteiger partial charge in [-0.1, -0.05) is 0 Å². The first-order chi connectivity index (χ1) is 14.7. The van der Waals surface area contributed by atoms with E-state index in [9.17, 15) is 57.5 Å². The lowest BCUT2D eigenvalue weighted by atomic mass is 10.2. The van der Waals surface area contributed by atoms with Crippen molar-refractivity contribution < 1.29 is 80.2 Å². The van der Waals surface area contributed by atoms with Crippen molar-refractivity contribution in [3.8, 4) is 0 Å². The van der Waals surface area contributed by atoms with E-state index in [-0.39, 0.29) is 6.04 Å². The molecule has 198 valence electrons. The predicted molar refractivity (Wildman–Crippen MR) is 82.1 cm³/mol. The Morgan fingerprint density at radius 1 is 0.848 bits per heavy atom. The van der Waals surface area contributed by atoms with E-state index in [0.29, 0.717) is 0 Å². The van der Waals surface area contributed by atoms with E-state index >= 15 is 0 Å². The summed E-state index contributed by atoms with van der Waals surface area (Å²) in [6.45, 7) is -5.92. The van der Waals surface area contributed by atoms with Crippen LogP contribution in [0.4, 0.5) is 52.7 Å². The summed E-state index contributed by atoms with van der Waals surface area (Å²) in [6.07, 6.45) is -21.5. The summed E-state index contributed by atoms with van der Waals surface area (Å²) in [7, 11) is 0.00860. The largest absolute Gasteiger partial charge is 0.500 e. The summed E-state index contributed by atoms with van der Waals surface area (Å²) in [5.74, 6) is -16.4. The minimum absolute atomic E-state index is 0.233. The van der Waals surface area contributed by atoms with Gasteiger partial charge in [0.1, 0.15) is 0 Å². The second kappa shape index (κ2) is 10.9. The Balaban J connectivity index is 5.79. The van der Waals surface area contributed by atoms with Crippen LogP contribution in [0.3, 0.4) is 0 Å². The fourth-order valence-electron chi connectivity index (χ4n) is 2.08. The second-order valence-electron chi connectivity index (χ2n) is 5.84. The van der Waals surface area contributed by atoms with Crippen LogP contribution in [0.15, 0.2) is 0 Å². The van der Waals surface area contributed by atoms with E-state index < -0.39 is 64.5 Å². The van der Waals surface area contributed by atoms with Crippen LogP contribution in [0, 0.1) is 0 Å². The minimum Gasteiger partial charge on any atom is -0.377 e. The van der Waals surface area contributed by atoms with Crippen LogP contribution in [0.1, 0.15) is 6.42 Å². The van der Waals surface area contributed by atoms with Crippen LogP contribution in [0.25, 0.3) is 0 Å². The molecule has 2 unspecified atom stereocenters. The van der Waals surface area contributed by atoms with Gasteiger partial charge in [-0.2, -0.15) is 52.7 Å². The molecular weight excluding hydrogens is 522 g/mol. The third-order valence-corrected chi connectivity index (χ3v) is 6.63. The summed E-state index contributed by atoms with van der Waals surface area (Å²) >= 11 is 0. The van der Waals surface area contributed by atoms with Crippen LogP contribution in [0.5, 0.6) is 0 Å². The maximum Gasteiger partial charge on any atom is 0.500 e. The van der Waals surface area contributed by atoms with E-state index in [1.807, 2.05) is 0 Å². The van der Waals surface area contributed by atoms with Gasteiger partial charge in [0.15, 0.2) is 0 Å². The van der Waals surface area contributed by atoms with Gasteiger partial charge < -0.3 is 18.6 Å². The molecule has 0 fully saturated rings.